The van der Waals surface area contributed by atoms with Crippen molar-refractivity contribution in [3.8, 4) is 22.6 Å². The fraction of sp³-hybridized carbons (Fsp3) is 0.333. The molecule has 10 heteroatoms. The largest absolute Gasteiger partial charge is 0.418 e. The molecule has 2 heterocycles. The molecule has 0 atom stereocenters. The smallest absolute Gasteiger partial charge is 0.337 e. The van der Waals surface area contributed by atoms with E-state index in [2.05, 4.69) is 15.1 Å². The minimum Gasteiger partial charge on any atom is -0.337 e. The molecule has 0 amide bonds. The van der Waals surface area contributed by atoms with E-state index in [4.69, 9.17) is 0 Å². The van der Waals surface area contributed by atoms with Gasteiger partial charge in [0.25, 0.3) is 0 Å². The van der Waals surface area contributed by atoms with Gasteiger partial charge in [0.2, 0.25) is 0 Å². The maximum absolute atomic E-state index is 14.0. The van der Waals surface area contributed by atoms with Crippen LogP contribution in [0.2, 0.25) is 0 Å². The molecule has 0 saturated carbocycles. The van der Waals surface area contributed by atoms with E-state index in [-0.39, 0.29) is 33.4 Å². The molecular formula is C24H22F6N4. The van der Waals surface area contributed by atoms with Crippen molar-refractivity contribution in [2.75, 3.05) is 0 Å². The lowest BCUT2D eigenvalue weighted by Crippen LogP contribution is -2.13. The Morgan fingerprint density at radius 1 is 0.882 bits per heavy atom. The first-order chi connectivity index (χ1) is 15.6. The normalized spacial score (nSPS) is 13.1. The first-order valence-electron chi connectivity index (χ1n) is 10.4. The number of aromatic nitrogens is 4. The van der Waals surface area contributed by atoms with Crippen molar-refractivity contribution in [2.24, 2.45) is 7.05 Å². The van der Waals surface area contributed by atoms with Crippen molar-refractivity contribution in [1.82, 2.24) is 19.7 Å². The number of halogens is 6. The molecule has 0 unspecified atom stereocenters. The van der Waals surface area contributed by atoms with Crippen molar-refractivity contribution in [1.29, 1.82) is 0 Å². The fourth-order valence-corrected chi connectivity index (χ4v) is 4.26. The van der Waals surface area contributed by atoms with Crippen LogP contribution in [0, 0.1) is 6.92 Å². The molecule has 0 aliphatic rings. The molecule has 4 nitrogen and oxygen atoms in total. The fourth-order valence-electron chi connectivity index (χ4n) is 4.26. The number of aryl methyl sites for hydroxylation is 1. The topological polar surface area (TPSA) is 46.5 Å². The molecule has 0 spiro atoms. The van der Waals surface area contributed by atoms with Crippen LogP contribution < -0.4 is 0 Å². The minimum atomic E-state index is -4.83. The average molecular weight is 480 g/mol. The van der Waals surface area contributed by atoms with Gasteiger partial charge in [-0.05, 0) is 36.2 Å². The van der Waals surface area contributed by atoms with Crippen LogP contribution in [0.1, 0.15) is 43.2 Å². The highest BCUT2D eigenvalue weighted by Gasteiger charge is 2.37. The Balaban J connectivity index is 2.00. The summed E-state index contributed by atoms with van der Waals surface area (Å²) in [6, 6.07) is 6.53. The first-order valence-corrected chi connectivity index (χ1v) is 10.4. The Bertz CT molecular complexity index is 1380. The molecular weight excluding hydrogens is 458 g/mol. The predicted octanol–water partition coefficient (Wildman–Crippen LogP) is 7.27. The van der Waals surface area contributed by atoms with Gasteiger partial charge >= 0.3 is 12.4 Å². The lowest BCUT2D eigenvalue weighted by molar-refractivity contribution is -0.137. The summed E-state index contributed by atoms with van der Waals surface area (Å²) < 4.78 is 84.1. The molecule has 2 aromatic carbocycles. The van der Waals surface area contributed by atoms with Gasteiger partial charge in [-0.25, -0.2) is 4.98 Å². The van der Waals surface area contributed by atoms with Crippen molar-refractivity contribution >= 4 is 11.0 Å². The lowest BCUT2D eigenvalue weighted by Gasteiger charge is -2.16. The Hall–Kier alpha value is -3.30. The van der Waals surface area contributed by atoms with Crippen molar-refractivity contribution < 1.29 is 26.3 Å². The number of fused-ring (bicyclic) bond motifs is 1. The van der Waals surface area contributed by atoms with Crippen LogP contribution in [0.25, 0.3) is 33.7 Å². The zero-order chi connectivity index (χ0) is 25.2. The molecule has 180 valence electrons. The number of imidazole rings is 1. The molecule has 0 radical (unpaired) electrons. The summed E-state index contributed by atoms with van der Waals surface area (Å²) in [7, 11) is 1.67. The van der Waals surface area contributed by atoms with Crippen molar-refractivity contribution in [3.05, 3.63) is 58.8 Å². The molecule has 0 saturated heterocycles. The third-order valence-electron chi connectivity index (χ3n) is 5.65. The molecule has 34 heavy (non-hydrogen) atoms. The Kier molecular flexibility index (Phi) is 5.34. The van der Waals surface area contributed by atoms with Gasteiger partial charge in [0.05, 0.1) is 22.3 Å². The standard InChI is InChI=1S/C24H22F6N4/c1-12-19(34(5)33-20(12)22(2,3)4)21-31-17-11-13(10-16(18(17)32-21)24(28,29)30)14-8-6-7-9-15(14)23(25,26)27/h6-11H,1-5H3,(H,31,32). The molecule has 4 aromatic rings. The number of alkyl halides is 6. The second-order valence-corrected chi connectivity index (χ2v) is 9.24. The highest BCUT2D eigenvalue weighted by Crippen LogP contribution is 2.42. The van der Waals surface area contributed by atoms with E-state index in [0.717, 1.165) is 23.4 Å². The van der Waals surface area contributed by atoms with E-state index in [1.54, 1.807) is 11.7 Å². The summed E-state index contributed by atoms with van der Waals surface area (Å²) in [5.74, 6) is 0.157. The molecule has 0 aliphatic carbocycles. The minimum absolute atomic E-state index is 0.0188. The first kappa shape index (κ1) is 23.8. The van der Waals surface area contributed by atoms with Gasteiger partial charge in [-0.1, -0.05) is 39.0 Å². The third-order valence-corrected chi connectivity index (χ3v) is 5.65. The maximum Gasteiger partial charge on any atom is 0.418 e. The summed E-state index contributed by atoms with van der Waals surface area (Å²) >= 11 is 0. The van der Waals surface area contributed by atoms with Crippen LogP contribution >= 0.6 is 0 Å². The highest BCUT2D eigenvalue weighted by atomic mass is 19.4. The maximum atomic E-state index is 14.0. The van der Waals surface area contributed by atoms with E-state index < -0.39 is 23.5 Å². The molecule has 2 aromatic heterocycles. The second-order valence-electron chi connectivity index (χ2n) is 9.24. The molecule has 0 fully saturated rings. The lowest BCUT2D eigenvalue weighted by atomic mass is 9.89. The summed E-state index contributed by atoms with van der Waals surface area (Å²) in [6.45, 7) is 7.72. The molecule has 0 bridgehead atoms. The molecule has 1 N–H and O–H groups in total. The second kappa shape index (κ2) is 7.61. The predicted molar refractivity (Wildman–Crippen MR) is 117 cm³/mol. The van der Waals surface area contributed by atoms with Gasteiger partial charge in [0.15, 0.2) is 5.82 Å². The molecule has 4 rings (SSSR count). The monoisotopic (exact) mass is 480 g/mol. The van der Waals surface area contributed by atoms with Gasteiger partial charge in [-0.3, -0.25) is 4.68 Å². The zero-order valence-electron chi connectivity index (χ0n) is 19.1. The van der Waals surface area contributed by atoms with Crippen LogP contribution in [0.5, 0.6) is 0 Å². The number of hydrogen-bond acceptors (Lipinski definition) is 2. The average Bonchev–Trinajstić information content (AvgIpc) is 3.25. The van der Waals surface area contributed by atoms with Crippen LogP contribution in [0.4, 0.5) is 26.3 Å². The van der Waals surface area contributed by atoms with Gasteiger partial charge in [-0.2, -0.15) is 31.4 Å². The van der Waals surface area contributed by atoms with Gasteiger partial charge in [0.1, 0.15) is 11.2 Å². The summed E-state index contributed by atoms with van der Waals surface area (Å²) in [6.07, 6.45) is -9.55. The Morgan fingerprint density at radius 2 is 1.50 bits per heavy atom. The quantitative estimate of drug-likeness (QED) is 0.307. The van der Waals surface area contributed by atoms with Crippen molar-refractivity contribution in [2.45, 2.75) is 45.5 Å². The summed E-state index contributed by atoms with van der Waals surface area (Å²) in [5.41, 5.74) is -1.35. The van der Waals surface area contributed by atoms with Crippen LogP contribution in [0.15, 0.2) is 36.4 Å². The Morgan fingerprint density at radius 3 is 2.06 bits per heavy atom. The van der Waals surface area contributed by atoms with Crippen LogP contribution in [-0.4, -0.2) is 19.7 Å². The van der Waals surface area contributed by atoms with E-state index >= 15 is 0 Å². The van der Waals surface area contributed by atoms with Gasteiger partial charge in [-0.15, -0.1) is 0 Å². The molecule has 0 aliphatic heterocycles. The van der Waals surface area contributed by atoms with E-state index in [0.29, 0.717) is 11.8 Å². The van der Waals surface area contributed by atoms with Gasteiger partial charge < -0.3 is 4.98 Å². The number of H-pyrrole nitrogens is 1. The van der Waals surface area contributed by atoms with E-state index in [9.17, 15) is 26.3 Å². The zero-order valence-corrected chi connectivity index (χ0v) is 19.1. The SMILES string of the molecule is Cc1c(C(C)(C)C)nn(C)c1-c1nc2c(C(F)(F)F)cc(-c3ccccc3C(F)(F)F)cc2[nH]1. The number of aromatic amines is 1. The summed E-state index contributed by atoms with van der Waals surface area (Å²) in [5, 5.41) is 4.51. The Labute approximate surface area is 191 Å². The number of hydrogen-bond donors (Lipinski definition) is 1. The van der Waals surface area contributed by atoms with Gasteiger partial charge in [0, 0.05) is 18.0 Å². The number of nitrogens with one attached hydrogen (secondary N) is 1. The highest BCUT2D eigenvalue weighted by molar-refractivity contribution is 5.88. The number of nitrogens with zero attached hydrogens (tertiary/aromatic N) is 3. The van der Waals surface area contributed by atoms with Crippen LogP contribution in [-0.2, 0) is 24.8 Å². The summed E-state index contributed by atoms with van der Waals surface area (Å²) in [4.78, 5) is 7.10. The third kappa shape index (κ3) is 4.05. The number of benzene rings is 2. The van der Waals surface area contributed by atoms with Crippen LogP contribution in [0.3, 0.4) is 0 Å². The number of rotatable bonds is 2. The van der Waals surface area contributed by atoms with E-state index in [1.165, 1.54) is 18.2 Å². The van der Waals surface area contributed by atoms with Crippen molar-refractivity contribution in [3.63, 3.8) is 0 Å². The van der Waals surface area contributed by atoms with E-state index in [1.807, 2.05) is 27.7 Å².